The highest BCUT2D eigenvalue weighted by Gasteiger charge is 2.52. The smallest absolute Gasteiger partial charge is 0.0295 e. The van der Waals surface area contributed by atoms with Crippen molar-refractivity contribution >= 4 is 0 Å². The fourth-order valence-corrected chi connectivity index (χ4v) is 5.51. The zero-order chi connectivity index (χ0) is 22.5. The van der Waals surface area contributed by atoms with Gasteiger partial charge in [0.15, 0.2) is 0 Å². The number of hydrogen-bond donors (Lipinski definition) is 0. The van der Waals surface area contributed by atoms with Crippen molar-refractivity contribution in [1.29, 1.82) is 0 Å². The summed E-state index contributed by atoms with van der Waals surface area (Å²) in [4.78, 5) is 0. The van der Waals surface area contributed by atoms with Gasteiger partial charge in [-0.15, -0.1) is 0 Å². The summed E-state index contributed by atoms with van der Waals surface area (Å²) in [6.07, 6.45) is 10.4. The molecule has 4 fully saturated rings. The van der Waals surface area contributed by atoms with Crippen LogP contribution < -0.4 is 0 Å². The lowest BCUT2D eigenvalue weighted by Crippen LogP contribution is -2.46. The SMILES string of the molecule is C.C.CC.CC.CC.CC1CCC(C(C)C)CC1.CC1CCC2CC(C1C)C2(C)C. The van der Waals surface area contributed by atoms with Crippen LogP contribution in [0.2, 0.25) is 0 Å². The lowest BCUT2D eigenvalue weighted by Gasteiger charge is -2.53. The third-order valence-corrected chi connectivity index (χ3v) is 8.05. The van der Waals surface area contributed by atoms with E-state index in [1.165, 1.54) is 44.9 Å². The molecule has 4 saturated carbocycles. The van der Waals surface area contributed by atoms with E-state index in [2.05, 4.69) is 48.5 Å². The number of fused-ring (bicyclic) bond motifs is 3. The first-order valence-electron chi connectivity index (χ1n) is 13.2. The van der Waals surface area contributed by atoms with E-state index >= 15 is 0 Å². The molecule has 0 N–H and O–H groups in total. The van der Waals surface area contributed by atoms with E-state index in [9.17, 15) is 0 Å². The lowest BCUT2D eigenvalue weighted by atomic mass is 9.52. The van der Waals surface area contributed by atoms with Crippen LogP contribution in [0.1, 0.15) is 150 Å². The predicted octanol–water partition coefficient (Wildman–Crippen LogP) is 11.5. The zero-order valence-corrected chi connectivity index (χ0v) is 22.5. The molecule has 0 aliphatic heterocycles. The van der Waals surface area contributed by atoms with Gasteiger partial charge in [0, 0.05) is 0 Å². The van der Waals surface area contributed by atoms with Gasteiger partial charge in [0.2, 0.25) is 0 Å². The molecule has 4 atom stereocenters. The molecule has 0 spiro atoms. The lowest BCUT2D eigenvalue weighted by molar-refractivity contribution is -0.0448. The second kappa shape index (κ2) is 19.7. The molecule has 0 nitrogen and oxygen atoms in total. The molecular weight excluding hydrogens is 360 g/mol. The molecule has 0 aromatic carbocycles. The highest BCUT2D eigenvalue weighted by Crippen LogP contribution is 2.60. The van der Waals surface area contributed by atoms with E-state index in [1.807, 2.05) is 41.5 Å². The fourth-order valence-electron chi connectivity index (χ4n) is 5.51. The summed E-state index contributed by atoms with van der Waals surface area (Å²) < 4.78 is 0. The summed E-state index contributed by atoms with van der Waals surface area (Å²) in [5.74, 6) is 6.99. The van der Waals surface area contributed by atoms with Gasteiger partial charge in [0.05, 0.1) is 0 Å². The molecule has 0 aromatic heterocycles. The Kier molecular flexibility index (Phi) is 24.5. The Morgan fingerprint density at radius 1 is 0.667 bits per heavy atom. The third kappa shape index (κ3) is 11.0. The predicted molar refractivity (Wildman–Crippen MR) is 146 cm³/mol. The van der Waals surface area contributed by atoms with Gasteiger partial charge in [-0.05, 0) is 72.5 Å². The normalized spacial score (nSPS) is 32.6. The molecule has 188 valence electrons. The fraction of sp³-hybridized carbons (Fsp3) is 1.00. The Bertz CT molecular complexity index is 330. The Hall–Kier alpha value is 0. The molecule has 0 heteroatoms. The third-order valence-electron chi connectivity index (χ3n) is 8.05. The van der Waals surface area contributed by atoms with Crippen molar-refractivity contribution in [2.24, 2.45) is 46.8 Å². The zero-order valence-electron chi connectivity index (χ0n) is 22.5. The molecule has 0 aromatic rings. The average molecular weight is 429 g/mol. The van der Waals surface area contributed by atoms with Crippen molar-refractivity contribution in [3.63, 3.8) is 0 Å². The van der Waals surface area contributed by atoms with Gasteiger partial charge in [-0.25, -0.2) is 0 Å². The maximum Gasteiger partial charge on any atom is -0.0295 e. The Balaban J connectivity index is -0.000000173. The van der Waals surface area contributed by atoms with Crippen molar-refractivity contribution < 1.29 is 0 Å². The van der Waals surface area contributed by atoms with Crippen LogP contribution in [0.3, 0.4) is 0 Å². The minimum absolute atomic E-state index is 0. The van der Waals surface area contributed by atoms with E-state index in [-0.39, 0.29) is 14.9 Å². The summed E-state index contributed by atoms with van der Waals surface area (Å²) in [5, 5.41) is 0. The van der Waals surface area contributed by atoms with E-state index in [0.29, 0.717) is 5.41 Å². The number of hydrogen-bond acceptors (Lipinski definition) is 0. The largest absolute Gasteiger partial charge is 0.0776 e. The second-order valence-corrected chi connectivity index (χ2v) is 10.0. The molecule has 4 unspecified atom stereocenters. The molecule has 0 saturated heterocycles. The Morgan fingerprint density at radius 3 is 1.47 bits per heavy atom. The van der Waals surface area contributed by atoms with E-state index < -0.39 is 0 Å². The van der Waals surface area contributed by atoms with Crippen molar-refractivity contribution in [3.8, 4) is 0 Å². The van der Waals surface area contributed by atoms with Gasteiger partial charge in [0.25, 0.3) is 0 Å². The first-order chi connectivity index (χ1) is 13.2. The average Bonchev–Trinajstić information content (AvgIpc) is 2.92. The Labute approximate surface area is 196 Å². The summed E-state index contributed by atoms with van der Waals surface area (Å²) in [6.45, 7) is 29.0. The van der Waals surface area contributed by atoms with Crippen LogP contribution in [0.4, 0.5) is 0 Å². The molecule has 2 bridgehead atoms. The second-order valence-electron chi connectivity index (χ2n) is 10.0. The van der Waals surface area contributed by atoms with Crippen LogP contribution in [-0.4, -0.2) is 0 Å². The summed E-state index contributed by atoms with van der Waals surface area (Å²) in [6, 6.07) is 0. The van der Waals surface area contributed by atoms with Crippen LogP contribution in [0.5, 0.6) is 0 Å². The maximum atomic E-state index is 2.49. The van der Waals surface area contributed by atoms with Crippen molar-refractivity contribution in [3.05, 3.63) is 0 Å². The van der Waals surface area contributed by atoms with Crippen LogP contribution in [-0.2, 0) is 0 Å². The summed E-state index contributed by atoms with van der Waals surface area (Å²) in [5.41, 5.74) is 0.671. The first kappa shape index (κ1) is 37.3. The maximum absolute atomic E-state index is 2.49. The van der Waals surface area contributed by atoms with Gasteiger partial charge in [-0.2, -0.15) is 0 Å². The van der Waals surface area contributed by atoms with Gasteiger partial charge >= 0.3 is 0 Å². The van der Waals surface area contributed by atoms with Gasteiger partial charge in [-0.1, -0.05) is 124 Å². The van der Waals surface area contributed by atoms with E-state index in [0.717, 1.165) is 41.4 Å². The standard InChI is InChI=1S/C12H22.C10H20.3C2H6.2CH4/c1-8-5-6-10-7-11(9(8)2)12(10,3)4;1-8(2)10-6-4-9(3)5-7-10;3*1-2;;/h8-11H,5-7H2,1-4H3;8-10H,4-7H2,1-3H3;3*1-2H3;2*1H4. The number of rotatable bonds is 1. The topological polar surface area (TPSA) is 0 Å². The van der Waals surface area contributed by atoms with Crippen LogP contribution in [0.15, 0.2) is 0 Å². The highest BCUT2D eigenvalue weighted by atomic mass is 14.6. The summed E-state index contributed by atoms with van der Waals surface area (Å²) in [7, 11) is 0. The minimum Gasteiger partial charge on any atom is -0.0776 e. The molecule has 4 rings (SSSR count). The van der Waals surface area contributed by atoms with E-state index in [1.54, 1.807) is 0 Å². The van der Waals surface area contributed by atoms with E-state index in [4.69, 9.17) is 0 Å². The summed E-state index contributed by atoms with van der Waals surface area (Å²) >= 11 is 0. The van der Waals surface area contributed by atoms with Crippen molar-refractivity contribution in [2.45, 2.75) is 150 Å². The van der Waals surface area contributed by atoms with Crippen LogP contribution >= 0.6 is 0 Å². The van der Waals surface area contributed by atoms with Crippen molar-refractivity contribution in [2.75, 3.05) is 0 Å². The highest BCUT2D eigenvalue weighted by molar-refractivity contribution is 5.01. The quantitative estimate of drug-likeness (QED) is 0.389. The molecule has 0 radical (unpaired) electrons. The van der Waals surface area contributed by atoms with Gasteiger partial charge in [-0.3, -0.25) is 0 Å². The first-order valence-corrected chi connectivity index (χ1v) is 13.2. The monoisotopic (exact) mass is 429 g/mol. The van der Waals surface area contributed by atoms with Crippen LogP contribution in [0, 0.1) is 46.8 Å². The molecule has 0 heterocycles. The van der Waals surface area contributed by atoms with Crippen molar-refractivity contribution in [1.82, 2.24) is 0 Å². The Morgan fingerprint density at radius 2 is 1.10 bits per heavy atom. The molecular formula is C30H68. The molecule has 4 aliphatic carbocycles. The van der Waals surface area contributed by atoms with Gasteiger partial charge in [0.1, 0.15) is 0 Å². The van der Waals surface area contributed by atoms with Crippen LogP contribution in [0.25, 0.3) is 0 Å². The minimum atomic E-state index is 0. The molecule has 4 aliphatic rings. The van der Waals surface area contributed by atoms with Gasteiger partial charge < -0.3 is 0 Å². The molecule has 0 amide bonds. The molecule has 30 heavy (non-hydrogen) atoms.